The van der Waals surface area contributed by atoms with Gasteiger partial charge in [0.1, 0.15) is 0 Å². The first-order chi connectivity index (χ1) is 9.06. The fourth-order valence-corrected chi connectivity index (χ4v) is 2.39. The average Bonchev–Trinajstić information content (AvgIpc) is 2.83. The number of aliphatic carboxylic acids is 1. The predicted octanol–water partition coefficient (Wildman–Crippen LogP) is 1.29. The number of hydrogen-bond acceptors (Lipinski definition) is 3. The van der Waals surface area contributed by atoms with Gasteiger partial charge in [-0.1, -0.05) is 25.5 Å². The Balaban J connectivity index is 2.25. The van der Waals surface area contributed by atoms with Crippen LogP contribution in [0.5, 0.6) is 0 Å². The molecular formula is C14H24N2O3. The number of carboxylic acid groups (broad SMARTS) is 1. The van der Waals surface area contributed by atoms with Gasteiger partial charge < -0.3 is 16.2 Å². The summed E-state index contributed by atoms with van der Waals surface area (Å²) in [4.78, 5) is 22.6. The zero-order chi connectivity index (χ0) is 14.3. The Morgan fingerprint density at radius 1 is 1.42 bits per heavy atom. The fourth-order valence-electron chi connectivity index (χ4n) is 2.39. The lowest BCUT2D eigenvalue weighted by atomic mass is 9.96. The van der Waals surface area contributed by atoms with Crippen molar-refractivity contribution in [2.75, 3.05) is 6.54 Å². The van der Waals surface area contributed by atoms with Crippen molar-refractivity contribution < 1.29 is 14.7 Å². The maximum atomic E-state index is 11.8. The average molecular weight is 268 g/mol. The first-order valence-electron chi connectivity index (χ1n) is 6.97. The molecule has 1 aliphatic carbocycles. The van der Waals surface area contributed by atoms with Gasteiger partial charge in [-0.3, -0.25) is 9.59 Å². The standard InChI is InChI=1S/C14H24N2O3/c1-2-10(7-8-15)3-6-13(17)16-12-5-4-11(9-12)14(18)19/h4-5,10-12H,2-3,6-9,15H2,1H3,(H,16,17)(H,18,19). The Bertz CT molecular complexity index is 342. The summed E-state index contributed by atoms with van der Waals surface area (Å²) in [6.45, 7) is 2.77. The number of carbonyl (C=O) groups excluding carboxylic acids is 1. The van der Waals surface area contributed by atoms with Crippen molar-refractivity contribution in [3.8, 4) is 0 Å². The molecule has 1 aliphatic rings. The van der Waals surface area contributed by atoms with E-state index in [0.29, 0.717) is 25.3 Å². The summed E-state index contributed by atoms with van der Waals surface area (Å²) < 4.78 is 0. The Morgan fingerprint density at radius 2 is 2.16 bits per heavy atom. The third-order valence-corrected chi connectivity index (χ3v) is 3.68. The lowest BCUT2D eigenvalue weighted by molar-refractivity contribution is -0.140. The zero-order valence-corrected chi connectivity index (χ0v) is 11.5. The largest absolute Gasteiger partial charge is 0.481 e. The highest BCUT2D eigenvalue weighted by atomic mass is 16.4. The first kappa shape index (κ1) is 15.7. The summed E-state index contributed by atoms with van der Waals surface area (Å²) in [6, 6.07) is -0.136. The molecule has 0 fully saturated rings. The molecule has 0 radical (unpaired) electrons. The molecule has 1 rings (SSSR count). The lowest BCUT2D eigenvalue weighted by Crippen LogP contribution is -2.33. The van der Waals surface area contributed by atoms with Crippen molar-refractivity contribution in [3.63, 3.8) is 0 Å². The van der Waals surface area contributed by atoms with E-state index in [1.165, 1.54) is 0 Å². The van der Waals surface area contributed by atoms with E-state index in [-0.39, 0.29) is 11.9 Å². The number of nitrogens with one attached hydrogen (secondary N) is 1. The van der Waals surface area contributed by atoms with Crippen LogP contribution in [0.4, 0.5) is 0 Å². The molecule has 0 aliphatic heterocycles. The molecule has 0 saturated heterocycles. The van der Waals surface area contributed by atoms with Gasteiger partial charge in [-0.05, 0) is 31.7 Å². The van der Waals surface area contributed by atoms with E-state index in [9.17, 15) is 9.59 Å². The Kier molecular flexibility index (Phi) is 6.56. The molecular weight excluding hydrogens is 244 g/mol. The SMILES string of the molecule is CCC(CCN)CCC(=O)NC1C=CC(C(=O)O)C1. The maximum absolute atomic E-state index is 11.8. The molecule has 0 aromatic carbocycles. The second kappa shape index (κ2) is 7.94. The van der Waals surface area contributed by atoms with Gasteiger partial charge in [0.2, 0.25) is 5.91 Å². The van der Waals surface area contributed by atoms with Crippen molar-refractivity contribution in [1.82, 2.24) is 5.32 Å². The van der Waals surface area contributed by atoms with Crippen LogP contribution in [-0.4, -0.2) is 29.6 Å². The minimum absolute atomic E-state index is 0.00356. The molecule has 0 saturated carbocycles. The Labute approximate surface area is 114 Å². The highest BCUT2D eigenvalue weighted by Gasteiger charge is 2.25. The molecule has 5 heteroatoms. The third-order valence-electron chi connectivity index (χ3n) is 3.68. The molecule has 5 nitrogen and oxygen atoms in total. The van der Waals surface area contributed by atoms with Crippen LogP contribution >= 0.6 is 0 Å². The maximum Gasteiger partial charge on any atom is 0.310 e. The van der Waals surface area contributed by atoms with E-state index >= 15 is 0 Å². The normalized spacial score (nSPS) is 23.3. The molecule has 0 heterocycles. The summed E-state index contributed by atoms with van der Waals surface area (Å²) >= 11 is 0. The molecule has 4 N–H and O–H groups in total. The van der Waals surface area contributed by atoms with Gasteiger partial charge in [-0.15, -0.1) is 0 Å². The number of hydrogen-bond donors (Lipinski definition) is 3. The summed E-state index contributed by atoms with van der Waals surface area (Å²) in [5, 5.41) is 11.7. The molecule has 3 atom stereocenters. The van der Waals surface area contributed by atoms with Gasteiger partial charge in [0.15, 0.2) is 0 Å². The number of amides is 1. The summed E-state index contributed by atoms with van der Waals surface area (Å²) in [5.41, 5.74) is 5.52. The van der Waals surface area contributed by atoms with Crippen LogP contribution in [0.3, 0.4) is 0 Å². The van der Waals surface area contributed by atoms with Gasteiger partial charge in [0, 0.05) is 12.5 Å². The molecule has 0 aromatic rings. The van der Waals surface area contributed by atoms with Gasteiger partial charge in [0.25, 0.3) is 0 Å². The van der Waals surface area contributed by atoms with E-state index in [0.717, 1.165) is 19.3 Å². The van der Waals surface area contributed by atoms with Gasteiger partial charge in [-0.2, -0.15) is 0 Å². The number of carbonyl (C=O) groups is 2. The lowest BCUT2D eigenvalue weighted by Gasteiger charge is -2.15. The van der Waals surface area contributed by atoms with Crippen molar-refractivity contribution in [2.24, 2.45) is 17.6 Å². The van der Waals surface area contributed by atoms with Crippen molar-refractivity contribution in [1.29, 1.82) is 0 Å². The quantitative estimate of drug-likeness (QED) is 0.578. The first-order valence-corrected chi connectivity index (χ1v) is 6.97. The number of carboxylic acids is 1. The summed E-state index contributed by atoms with van der Waals surface area (Å²) in [6.07, 6.45) is 7.20. The fraction of sp³-hybridized carbons (Fsp3) is 0.714. The van der Waals surface area contributed by atoms with Crippen LogP contribution in [0.15, 0.2) is 12.2 Å². The van der Waals surface area contributed by atoms with Crippen LogP contribution in [0.2, 0.25) is 0 Å². The van der Waals surface area contributed by atoms with E-state index in [4.69, 9.17) is 10.8 Å². The highest BCUT2D eigenvalue weighted by molar-refractivity contribution is 5.77. The van der Waals surface area contributed by atoms with Crippen molar-refractivity contribution >= 4 is 11.9 Å². The van der Waals surface area contributed by atoms with Gasteiger partial charge in [-0.25, -0.2) is 0 Å². The summed E-state index contributed by atoms with van der Waals surface area (Å²) in [7, 11) is 0. The third kappa shape index (κ3) is 5.42. The summed E-state index contributed by atoms with van der Waals surface area (Å²) in [5.74, 6) is -0.800. The van der Waals surface area contributed by atoms with Crippen LogP contribution < -0.4 is 11.1 Å². The van der Waals surface area contributed by atoms with Gasteiger partial charge >= 0.3 is 5.97 Å². The predicted molar refractivity (Wildman–Crippen MR) is 73.5 cm³/mol. The molecule has 0 bridgehead atoms. The molecule has 19 heavy (non-hydrogen) atoms. The molecule has 0 spiro atoms. The number of rotatable bonds is 8. The molecule has 1 amide bonds. The van der Waals surface area contributed by atoms with E-state index < -0.39 is 11.9 Å². The second-order valence-corrected chi connectivity index (χ2v) is 5.13. The topological polar surface area (TPSA) is 92.4 Å². The zero-order valence-electron chi connectivity index (χ0n) is 11.5. The van der Waals surface area contributed by atoms with E-state index in [1.54, 1.807) is 12.2 Å². The van der Waals surface area contributed by atoms with E-state index in [1.807, 2.05) is 0 Å². The van der Waals surface area contributed by atoms with Crippen LogP contribution in [-0.2, 0) is 9.59 Å². The molecule has 3 unspecified atom stereocenters. The van der Waals surface area contributed by atoms with E-state index in [2.05, 4.69) is 12.2 Å². The number of nitrogens with two attached hydrogens (primary N) is 1. The molecule has 108 valence electrons. The van der Waals surface area contributed by atoms with Crippen LogP contribution in [0.1, 0.15) is 39.0 Å². The van der Waals surface area contributed by atoms with Crippen LogP contribution in [0.25, 0.3) is 0 Å². The van der Waals surface area contributed by atoms with Crippen LogP contribution in [0, 0.1) is 11.8 Å². The van der Waals surface area contributed by atoms with Crippen molar-refractivity contribution in [2.45, 2.75) is 45.1 Å². The Morgan fingerprint density at radius 3 is 2.68 bits per heavy atom. The molecule has 0 aromatic heterocycles. The smallest absolute Gasteiger partial charge is 0.310 e. The Hall–Kier alpha value is -1.36. The van der Waals surface area contributed by atoms with Gasteiger partial charge in [0.05, 0.1) is 5.92 Å². The minimum Gasteiger partial charge on any atom is -0.481 e. The second-order valence-electron chi connectivity index (χ2n) is 5.13. The minimum atomic E-state index is -0.831. The highest BCUT2D eigenvalue weighted by Crippen LogP contribution is 2.19. The van der Waals surface area contributed by atoms with Crippen molar-refractivity contribution in [3.05, 3.63) is 12.2 Å². The monoisotopic (exact) mass is 268 g/mol.